The lowest BCUT2D eigenvalue weighted by atomic mass is 10.1. The predicted octanol–water partition coefficient (Wildman–Crippen LogP) is 3.22. The third kappa shape index (κ3) is 1.91. The number of oxazole rings is 1. The first-order valence-corrected chi connectivity index (χ1v) is 7.22. The summed E-state index contributed by atoms with van der Waals surface area (Å²) in [6.07, 6.45) is 0. The summed E-state index contributed by atoms with van der Waals surface area (Å²) in [7, 11) is 0. The summed E-state index contributed by atoms with van der Waals surface area (Å²) in [4.78, 5) is 24.8. The molecular weight excluding hydrogens is 274 g/mol. The van der Waals surface area contributed by atoms with Gasteiger partial charge in [0.2, 0.25) is 5.78 Å². The van der Waals surface area contributed by atoms with Crippen molar-refractivity contribution in [3.05, 3.63) is 56.2 Å². The van der Waals surface area contributed by atoms with Gasteiger partial charge in [-0.25, -0.2) is 4.79 Å². The van der Waals surface area contributed by atoms with E-state index in [0.29, 0.717) is 17.7 Å². The molecule has 0 fully saturated rings. The van der Waals surface area contributed by atoms with Crippen LogP contribution in [-0.2, 0) is 6.54 Å². The van der Waals surface area contributed by atoms with Crippen LogP contribution in [0.2, 0.25) is 0 Å². The second kappa shape index (κ2) is 4.76. The molecule has 3 rings (SSSR count). The lowest BCUT2D eigenvalue weighted by Gasteiger charge is -2.01. The van der Waals surface area contributed by atoms with Crippen molar-refractivity contribution in [3.63, 3.8) is 0 Å². The highest BCUT2D eigenvalue weighted by Crippen LogP contribution is 2.22. The van der Waals surface area contributed by atoms with Crippen molar-refractivity contribution in [2.24, 2.45) is 0 Å². The number of ketones is 1. The van der Waals surface area contributed by atoms with Gasteiger partial charge in [0.1, 0.15) is 0 Å². The average Bonchev–Trinajstić information content (AvgIpc) is 2.99. The Morgan fingerprint density at radius 3 is 2.80 bits per heavy atom. The minimum absolute atomic E-state index is 0.0358. The topological polar surface area (TPSA) is 52.2 Å². The van der Waals surface area contributed by atoms with Crippen molar-refractivity contribution >= 4 is 28.2 Å². The van der Waals surface area contributed by atoms with Gasteiger partial charge in [-0.2, -0.15) is 0 Å². The maximum Gasteiger partial charge on any atom is 0.419 e. The molecule has 4 nitrogen and oxygen atoms in total. The van der Waals surface area contributed by atoms with Gasteiger partial charge in [-0.05, 0) is 49.1 Å². The van der Waals surface area contributed by atoms with Gasteiger partial charge in [-0.3, -0.25) is 9.36 Å². The number of aromatic nitrogens is 1. The fraction of sp³-hybridized carbons (Fsp3) is 0.200. The third-order valence-corrected chi connectivity index (χ3v) is 4.33. The van der Waals surface area contributed by atoms with E-state index in [2.05, 4.69) is 0 Å². The largest absolute Gasteiger partial charge is 0.419 e. The van der Waals surface area contributed by atoms with Crippen molar-refractivity contribution in [2.75, 3.05) is 0 Å². The predicted molar refractivity (Wildman–Crippen MR) is 78.6 cm³/mol. The molecule has 102 valence electrons. The molecule has 2 heterocycles. The van der Waals surface area contributed by atoms with Gasteiger partial charge in [0.15, 0.2) is 5.58 Å². The van der Waals surface area contributed by atoms with Crippen LogP contribution in [0.25, 0.3) is 11.1 Å². The zero-order chi connectivity index (χ0) is 14.3. The Hall–Kier alpha value is -2.14. The van der Waals surface area contributed by atoms with Crippen molar-refractivity contribution in [3.8, 4) is 0 Å². The number of rotatable bonds is 3. The summed E-state index contributed by atoms with van der Waals surface area (Å²) in [5.41, 5.74) is 2.68. The number of benzene rings is 1. The highest BCUT2D eigenvalue weighted by Gasteiger charge is 2.16. The molecule has 0 aliphatic rings. The van der Waals surface area contributed by atoms with Crippen LogP contribution < -0.4 is 5.76 Å². The monoisotopic (exact) mass is 287 g/mol. The SMILES string of the molecule is CCn1c(=O)oc2cc(C(=O)c3sccc3C)ccc21. The normalized spacial score (nSPS) is 11.1. The number of aryl methyl sites for hydroxylation is 2. The summed E-state index contributed by atoms with van der Waals surface area (Å²) in [6, 6.07) is 7.07. The lowest BCUT2D eigenvalue weighted by Crippen LogP contribution is -2.11. The Morgan fingerprint density at radius 2 is 2.15 bits per heavy atom. The van der Waals surface area contributed by atoms with Crippen LogP contribution in [0.15, 0.2) is 38.9 Å². The van der Waals surface area contributed by atoms with Crippen LogP contribution in [0.1, 0.15) is 27.7 Å². The molecule has 0 aliphatic heterocycles. The van der Waals surface area contributed by atoms with Gasteiger partial charge >= 0.3 is 5.76 Å². The number of hydrogen-bond acceptors (Lipinski definition) is 4. The average molecular weight is 287 g/mol. The highest BCUT2D eigenvalue weighted by atomic mass is 32.1. The van der Waals surface area contributed by atoms with Crippen molar-refractivity contribution in [1.82, 2.24) is 4.57 Å². The second-order valence-corrected chi connectivity index (χ2v) is 5.47. The Bertz CT molecular complexity index is 854. The van der Waals surface area contributed by atoms with Gasteiger partial charge in [0.25, 0.3) is 0 Å². The molecule has 20 heavy (non-hydrogen) atoms. The number of thiophene rings is 1. The zero-order valence-electron chi connectivity index (χ0n) is 11.2. The van der Waals surface area contributed by atoms with E-state index in [1.165, 1.54) is 11.3 Å². The minimum Gasteiger partial charge on any atom is -0.408 e. The Labute approximate surface area is 119 Å². The first-order chi connectivity index (χ1) is 9.61. The fourth-order valence-corrected chi connectivity index (χ4v) is 3.13. The van der Waals surface area contributed by atoms with Crippen molar-refractivity contribution in [1.29, 1.82) is 0 Å². The number of nitrogens with zero attached hydrogens (tertiary/aromatic N) is 1. The molecule has 3 aromatic rings. The van der Waals surface area contributed by atoms with Crippen LogP contribution in [-0.4, -0.2) is 10.4 Å². The van der Waals surface area contributed by atoms with E-state index < -0.39 is 0 Å². The van der Waals surface area contributed by atoms with Crippen LogP contribution in [0.4, 0.5) is 0 Å². The molecule has 0 saturated carbocycles. The molecule has 0 atom stereocenters. The maximum absolute atomic E-state index is 12.4. The van der Waals surface area contributed by atoms with E-state index >= 15 is 0 Å². The molecule has 0 unspecified atom stereocenters. The molecule has 5 heteroatoms. The number of hydrogen-bond donors (Lipinski definition) is 0. The molecule has 0 saturated heterocycles. The summed E-state index contributed by atoms with van der Waals surface area (Å²) in [5, 5.41) is 1.90. The van der Waals surface area contributed by atoms with E-state index in [4.69, 9.17) is 4.42 Å². The zero-order valence-corrected chi connectivity index (χ0v) is 12.0. The standard InChI is InChI=1S/C15H13NO3S/c1-3-16-11-5-4-10(8-12(11)19-15(16)18)13(17)14-9(2)6-7-20-14/h4-8H,3H2,1-2H3. The Morgan fingerprint density at radius 1 is 1.35 bits per heavy atom. The molecule has 0 N–H and O–H groups in total. The summed E-state index contributed by atoms with van der Waals surface area (Å²) < 4.78 is 6.73. The van der Waals surface area contributed by atoms with Crippen LogP contribution in [0.5, 0.6) is 0 Å². The fourth-order valence-electron chi connectivity index (χ4n) is 2.24. The molecule has 0 bridgehead atoms. The van der Waals surface area contributed by atoms with Gasteiger partial charge in [0.05, 0.1) is 10.4 Å². The van der Waals surface area contributed by atoms with Crippen LogP contribution in [0.3, 0.4) is 0 Å². The van der Waals surface area contributed by atoms with Gasteiger partial charge in [-0.1, -0.05) is 0 Å². The van der Waals surface area contributed by atoms with Gasteiger partial charge in [0, 0.05) is 12.1 Å². The second-order valence-electron chi connectivity index (χ2n) is 4.56. The first kappa shape index (κ1) is 12.9. The molecule has 0 amide bonds. The smallest absolute Gasteiger partial charge is 0.408 e. The molecular formula is C15H13NO3S. The molecule has 0 aliphatic carbocycles. The van der Waals surface area contributed by atoms with E-state index in [-0.39, 0.29) is 11.5 Å². The van der Waals surface area contributed by atoms with Crippen LogP contribution in [0, 0.1) is 6.92 Å². The number of carbonyl (C=O) groups is 1. The molecule has 2 aromatic heterocycles. The third-order valence-electron chi connectivity index (χ3n) is 3.31. The quantitative estimate of drug-likeness (QED) is 0.695. The van der Waals surface area contributed by atoms with Gasteiger partial charge in [-0.15, -0.1) is 11.3 Å². The summed E-state index contributed by atoms with van der Waals surface area (Å²) >= 11 is 1.42. The van der Waals surface area contributed by atoms with Crippen molar-refractivity contribution < 1.29 is 9.21 Å². The van der Waals surface area contributed by atoms with E-state index in [1.807, 2.05) is 25.3 Å². The summed E-state index contributed by atoms with van der Waals surface area (Å²) in [5.74, 6) is -0.425. The van der Waals surface area contributed by atoms with E-state index in [1.54, 1.807) is 22.8 Å². The highest BCUT2D eigenvalue weighted by molar-refractivity contribution is 7.12. The first-order valence-electron chi connectivity index (χ1n) is 6.34. The summed E-state index contributed by atoms with van der Waals surface area (Å²) in [6.45, 7) is 4.34. The van der Waals surface area contributed by atoms with Crippen LogP contribution >= 0.6 is 11.3 Å². The van der Waals surface area contributed by atoms with E-state index in [0.717, 1.165) is 16.0 Å². The Kier molecular flexibility index (Phi) is 3.06. The van der Waals surface area contributed by atoms with E-state index in [9.17, 15) is 9.59 Å². The number of fused-ring (bicyclic) bond motifs is 1. The molecule has 0 spiro atoms. The molecule has 0 radical (unpaired) electrons. The van der Waals surface area contributed by atoms with Gasteiger partial charge < -0.3 is 4.42 Å². The molecule has 1 aromatic carbocycles. The maximum atomic E-state index is 12.4. The minimum atomic E-state index is -0.389. The van der Waals surface area contributed by atoms with Crippen molar-refractivity contribution in [2.45, 2.75) is 20.4 Å². The lowest BCUT2D eigenvalue weighted by molar-refractivity contribution is 0.104. The Balaban J connectivity index is 2.12. The number of carbonyl (C=O) groups excluding carboxylic acids is 1.